The Morgan fingerprint density at radius 2 is 2.08 bits per heavy atom. The fourth-order valence-corrected chi connectivity index (χ4v) is 4.19. The average Bonchev–Trinajstić information content (AvgIpc) is 3.38. The van der Waals surface area contributed by atoms with E-state index in [1.54, 1.807) is 0 Å². The maximum absolute atomic E-state index is 13.1. The number of likely N-dealkylation sites (tertiary alicyclic amines) is 1. The summed E-state index contributed by atoms with van der Waals surface area (Å²) in [5.74, 6) is -0.118. The van der Waals surface area contributed by atoms with Crippen molar-refractivity contribution in [2.45, 2.75) is 58.4 Å². The zero-order valence-electron chi connectivity index (χ0n) is 14.4. The van der Waals surface area contributed by atoms with Crippen LogP contribution in [0, 0.1) is 12.3 Å². The van der Waals surface area contributed by atoms with Crippen molar-refractivity contribution in [1.82, 2.24) is 4.90 Å². The highest BCUT2D eigenvalue weighted by atomic mass is 79.9. The van der Waals surface area contributed by atoms with Gasteiger partial charge in [-0.1, -0.05) is 13.0 Å². The number of aryl methyl sites for hydroxylation is 1. The van der Waals surface area contributed by atoms with Gasteiger partial charge in [0.2, 0.25) is 11.8 Å². The molecule has 24 heavy (non-hydrogen) atoms. The van der Waals surface area contributed by atoms with E-state index in [-0.39, 0.29) is 11.8 Å². The molecule has 0 spiro atoms. The first-order valence-corrected chi connectivity index (χ1v) is 9.66. The van der Waals surface area contributed by atoms with Crippen molar-refractivity contribution in [2.24, 2.45) is 5.41 Å². The fourth-order valence-electron chi connectivity index (χ4n) is 3.59. The van der Waals surface area contributed by atoms with Gasteiger partial charge in [0.25, 0.3) is 0 Å². The van der Waals surface area contributed by atoms with Crippen LogP contribution in [-0.4, -0.2) is 29.3 Å². The normalized spacial score (nSPS) is 22.1. The summed E-state index contributed by atoms with van der Waals surface area (Å²) in [6.07, 6.45) is 5.57. The Hall–Kier alpha value is -1.36. The van der Waals surface area contributed by atoms with E-state index in [1.165, 1.54) is 6.42 Å². The molecule has 1 unspecified atom stereocenters. The highest BCUT2D eigenvalue weighted by Crippen LogP contribution is 2.49. The van der Waals surface area contributed by atoms with Crippen molar-refractivity contribution in [2.75, 3.05) is 11.9 Å². The average molecular weight is 393 g/mol. The van der Waals surface area contributed by atoms with E-state index in [0.29, 0.717) is 18.9 Å². The van der Waals surface area contributed by atoms with Gasteiger partial charge in [0.05, 0.1) is 5.69 Å². The Morgan fingerprint density at radius 1 is 1.33 bits per heavy atom. The van der Waals surface area contributed by atoms with Crippen molar-refractivity contribution in [3.8, 4) is 0 Å². The van der Waals surface area contributed by atoms with Gasteiger partial charge in [-0.15, -0.1) is 0 Å². The molecule has 1 saturated carbocycles. The minimum absolute atomic E-state index is 0.0368. The number of amides is 2. The van der Waals surface area contributed by atoms with Gasteiger partial charge in [-0.05, 0) is 79.1 Å². The Bertz CT molecular complexity index is 655. The smallest absolute Gasteiger partial charge is 0.240 e. The van der Waals surface area contributed by atoms with Crippen LogP contribution in [0.15, 0.2) is 22.7 Å². The monoisotopic (exact) mass is 392 g/mol. The Labute approximate surface area is 152 Å². The number of hydrogen-bond donors (Lipinski definition) is 1. The number of halogens is 1. The molecule has 1 aromatic rings. The molecular formula is C19H25BrN2O2. The lowest BCUT2D eigenvalue weighted by molar-refractivity contribution is -0.145. The van der Waals surface area contributed by atoms with Gasteiger partial charge in [0.15, 0.2) is 0 Å². The molecule has 4 nitrogen and oxygen atoms in total. The molecule has 3 rings (SSSR count). The third kappa shape index (κ3) is 3.23. The molecule has 1 aliphatic carbocycles. The minimum atomic E-state index is -0.838. The second-order valence-electron chi connectivity index (χ2n) is 7.08. The summed E-state index contributed by atoms with van der Waals surface area (Å²) in [5, 5.41) is 2.96. The molecule has 1 heterocycles. The molecule has 0 radical (unpaired) electrons. The molecule has 0 aromatic heterocycles. The summed E-state index contributed by atoms with van der Waals surface area (Å²) in [6, 6.07) is 6.10. The topological polar surface area (TPSA) is 49.4 Å². The Morgan fingerprint density at radius 3 is 2.71 bits per heavy atom. The van der Waals surface area contributed by atoms with Gasteiger partial charge in [0.1, 0.15) is 5.41 Å². The lowest BCUT2D eigenvalue weighted by Crippen LogP contribution is -2.49. The number of nitrogens with one attached hydrogen (secondary N) is 1. The second-order valence-corrected chi connectivity index (χ2v) is 7.93. The molecule has 1 atom stereocenters. The fraction of sp³-hybridized carbons (Fsp3) is 0.579. The largest absolute Gasteiger partial charge is 0.339 e. The van der Waals surface area contributed by atoms with Gasteiger partial charge < -0.3 is 10.2 Å². The minimum Gasteiger partial charge on any atom is -0.339 e. The Balaban J connectivity index is 1.75. The first-order valence-electron chi connectivity index (χ1n) is 8.86. The SMILES string of the molecule is CCC1CCCCN1C(=O)C1(C(=O)Nc2ccc(C)cc2Br)CC1. The summed E-state index contributed by atoms with van der Waals surface area (Å²) in [6.45, 7) is 4.92. The highest BCUT2D eigenvalue weighted by Gasteiger charge is 2.58. The quantitative estimate of drug-likeness (QED) is 0.777. The van der Waals surface area contributed by atoms with Crippen LogP contribution in [0.1, 0.15) is 51.0 Å². The third-order valence-electron chi connectivity index (χ3n) is 5.33. The molecule has 5 heteroatoms. The standard InChI is InChI=1S/C19H25BrN2O2/c1-3-14-6-4-5-11-22(14)18(24)19(9-10-19)17(23)21-16-8-7-13(2)12-15(16)20/h7-8,12,14H,3-6,9-11H2,1-2H3,(H,21,23). The lowest BCUT2D eigenvalue weighted by atomic mass is 9.95. The zero-order valence-corrected chi connectivity index (χ0v) is 16.0. The van der Waals surface area contributed by atoms with Gasteiger partial charge in [0, 0.05) is 17.1 Å². The highest BCUT2D eigenvalue weighted by molar-refractivity contribution is 9.10. The van der Waals surface area contributed by atoms with E-state index in [2.05, 4.69) is 28.2 Å². The van der Waals surface area contributed by atoms with Gasteiger partial charge in [-0.2, -0.15) is 0 Å². The van der Waals surface area contributed by atoms with Crippen molar-refractivity contribution < 1.29 is 9.59 Å². The van der Waals surface area contributed by atoms with Crippen LogP contribution < -0.4 is 5.32 Å². The summed E-state index contributed by atoms with van der Waals surface area (Å²) in [4.78, 5) is 27.9. The zero-order chi connectivity index (χ0) is 17.3. The summed E-state index contributed by atoms with van der Waals surface area (Å²) in [5.41, 5.74) is 1.02. The Kier molecular flexibility index (Phi) is 5.00. The van der Waals surface area contributed by atoms with E-state index in [9.17, 15) is 9.59 Å². The summed E-state index contributed by atoms with van der Waals surface area (Å²) in [7, 11) is 0. The molecule has 1 aromatic carbocycles. The van der Waals surface area contributed by atoms with Crippen molar-refractivity contribution in [3.05, 3.63) is 28.2 Å². The number of carbonyl (C=O) groups excluding carboxylic acids is 2. The molecule has 2 amide bonds. The van der Waals surface area contributed by atoms with Crippen molar-refractivity contribution >= 4 is 33.4 Å². The molecule has 0 bridgehead atoms. The van der Waals surface area contributed by atoms with E-state index in [1.807, 2.05) is 30.0 Å². The molecule has 2 fully saturated rings. The first-order chi connectivity index (χ1) is 11.5. The van der Waals surface area contributed by atoms with Crippen LogP contribution in [0.2, 0.25) is 0 Å². The van der Waals surface area contributed by atoms with Crippen LogP contribution in [0.4, 0.5) is 5.69 Å². The van der Waals surface area contributed by atoms with Gasteiger partial charge >= 0.3 is 0 Å². The van der Waals surface area contributed by atoms with E-state index < -0.39 is 5.41 Å². The van der Waals surface area contributed by atoms with Gasteiger partial charge in [-0.3, -0.25) is 9.59 Å². The lowest BCUT2D eigenvalue weighted by Gasteiger charge is -2.37. The number of anilines is 1. The van der Waals surface area contributed by atoms with Crippen LogP contribution in [-0.2, 0) is 9.59 Å². The van der Waals surface area contributed by atoms with Crippen LogP contribution in [0.3, 0.4) is 0 Å². The number of carbonyl (C=O) groups is 2. The first kappa shape index (κ1) is 17.5. The molecule has 130 valence electrons. The third-order valence-corrected chi connectivity index (χ3v) is 5.98. The number of hydrogen-bond acceptors (Lipinski definition) is 2. The number of piperidine rings is 1. The second kappa shape index (κ2) is 6.87. The maximum atomic E-state index is 13.1. The van der Waals surface area contributed by atoms with Crippen LogP contribution in [0.5, 0.6) is 0 Å². The maximum Gasteiger partial charge on any atom is 0.240 e. The number of rotatable bonds is 4. The summed E-state index contributed by atoms with van der Waals surface area (Å²) < 4.78 is 0.850. The summed E-state index contributed by atoms with van der Waals surface area (Å²) >= 11 is 3.49. The predicted octanol–water partition coefficient (Wildman–Crippen LogP) is 4.27. The van der Waals surface area contributed by atoms with E-state index >= 15 is 0 Å². The number of benzene rings is 1. The number of nitrogens with zero attached hydrogens (tertiary/aromatic N) is 1. The van der Waals surface area contributed by atoms with Crippen molar-refractivity contribution in [1.29, 1.82) is 0 Å². The molecule has 1 N–H and O–H groups in total. The van der Waals surface area contributed by atoms with Crippen LogP contribution >= 0.6 is 15.9 Å². The van der Waals surface area contributed by atoms with E-state index in [4.69, 9.17) is 0 Å². The molecular weight excluding hydrogens is 368 g/mol. The van der Waals surface area contributed by atoms with Crippen LogP contribution in [0.25, 0.3) is 0 Å². The van der Waals surface area contributed by atoms with E-state index in [0.717, 1.165) is 41.5 Å². The van der Waals surface area contributed by atoms with Gasteiger partial charge in [-0.25, -0.2) is 0 Å². The van der Waals surface area contributed by atoms with Crippen molar-refractivity contribution in [3.63, 3.8) is 0 Å². The predicted molar refractivity (Wildman–Crippen MR) is 98.8 cm³/mol. The molecule has 2 aliphatic rings. The molecule has 1 aliphatic heterocycles. The molecule has 1 saturated heterocycles.